The number of benzene rings is 1. The summed E-state index contributed by atoms with van der Waals surface area (Å²) in [6, 6.07) is 10.9. The Morgan fingerprint density at radius 3 is 2.55 bits per heavy atom. The average Bonchev–Trinajstić information content (AvgIpc) is 2.47. The lowest BCUT2D eigenvalue weighted by Gasteiger charge is -2.09. The van der Waals surface area contributed by atoms with Crippen molar-refractivity contribution in [3.63, 3.8) is 0 Å². The van der Waals surface area contributed by atoms with E-state index in [2.05, 4.69) is 54.1 Å². The summed E-state index contributed by atoms with van der Waals surface area (Å²) in [5.41, 5.74) is 5.82. The van der Waals surface area contributed by atoms with Gasteiger partial charge in [0.1, 0.15) is 0 Å². The maximum absolute atomic E-state index is 4.50. The van der Waals surface area contributed by atoms with Gasteiger partial charge < -0.3 is 0 Å². The SMILES string of the molecule is CCc1cnc(C)c(-c2ccc3cc(C)ncc3c2)c1. The standard InChI is InChI=1S/C18H18N2/c1-4-14-8-18(13(3)20-10-14)16-6-5-15-7-12(2)19-11-17(15)9-16/h5-11H,4H2,1-3H3. The fourth-order valence-corrected chi connectivity index (χ4v) is 2.48. The molecule has 0 N–H and O–H groups in total. The Morgan fingerprint density at radius 1 is 0.900 bits per heavy atom. The van der Waals surface area contributed by atoms with Crippen LogP contribution in [0.1, 0.15) is 23.9 Å². The smallest absolute Gasteiger partial charge is 0.0451 e. The third-order valence-electron chi connectivity index (χ3n) is 3.72. The highest BCUT2D eigenvalue weighted by molar-refractivity contribution is 5.87. The number of pyridine rings is 2. The molecule has 100 valence electrons. The zero-order chi connectivity index (χ0) is 14.1. The quantitative estimate of drug-likeness (QED) is 0.680. The van der Waals surface area contributed by atoms with Gasteiger partial charge in [-0.05, 0) is 55.0 Å². The molecule has 0 fully saturated rings. The predicted molar refractivity (Wildman–Crippen MR) is 83.8 cm³/mol. The van der Waals surface area contributed by atoms with Gasteiger partial charge in [0.25, 0.3) is 0 Å². The number of aromatic nitrogens is 2. The van der Waals surface area contributed by atoms with Gasteiger partial charge in [0.2, 0.25) is 0 Å². The molecule has 3 rings (SSSR count). The largest absolute Gasteiger partial charge is 0.261 e. The highest BCUT2D eigenvalue weighted by Crippen LogP contribution is 2.27. The molecule has 1 aromatic carbocycles. The Balaban J connectivity index is 2.17. The van der Waals surface area contributed by atoms with Gasteiger partial charge in [-0.25, -0.2) is 0 Å². The van der Waals surface area contributed by atoms with Crippen molar-refractivity contribution in [1.29, 1.82) is 0 Å². The fourth-order valence-electron chi connectivity index (χ4n) is 2.48. The third-order valence-corrected chi connectivity index (χ3v) is 3.72. The minimum Gasteiger partial charge on any atom is -0.261 e. The lowest BCUT2D eigenvalue weighted by atomic mass is 9.99. The van der Waals surface area contributed by atoms with Crippen molar-refractivity contribution < 1.29 is 0 Å². The van der Waals surface area contributed by atoms with E-state index in [0.29, 0.717) is 0 Å². The van der Waals surface area contributed by atoms with Crippen molar-refractivity contribution >= 4 is 10.8 Å². The molecule has 0 aliphatic rings. The fraction of sp³-hybridized carbons (Fsp3) is 0.222. The summed E-state index contributed by atoms with van der Waals surface area (Å²) in [6.45, 7) is 6.24. The summed E-state index contributed by atoms with van der Waals surface area (Å²) in [6.07, 6.45) is 4.92. The molecule has 0 saturated carbocycles. The van der Waals surface area contributed by atoms with Crippen LogP contribution >= 0.6 is 0 Å². The second kappa shape index (κ2) is 5.04. The first-order chi connectivity index (χ1) is 9.67. The second-order valence-corrected chi connectivity index (χ2v) is 5.22. The molecule has 0 spiro atoms. The molecule has 0 amide bonds. The predicted octanol–water partition coefficient (Wildman–Crippen LogP) is 4.48. The van der Waals surface area contributed by atoms with Crippen molar-refractivity contribution in [2.24, 2.45) is 0 Å². The van der Waals surface area contributed by atoms with Gasteiger partial charge in [-0.2, -0.15) is 0 Å². The Morgan fingerprint density at radius 2 is 1.75 bits per heavy atom. The van der Waals surface area contributed by atoms with Crippen LogP contribution < -0.4 is 0 Å². The lowest BCUT2D eigenvalue weighted by Crippen LogP contribution is -1.91. The van der Waals surface area contributed by atoms with Crippen LogP contribution in [0.15, 0.2) is 42.7 Å². The molecule has 2 aromatic heterocycles. The van der Waals surface area contributed by atoms with Crippen molar-refractivity contribution in [3.05, 3.63) is 59.7 Å². The highest BCUT2D eigenvalue weighted by Gasteiger charge is 2.05. The average molecular weight is 262 g/mol. The van der Waals surface area contributed by atoms with E-state index in [-0.39, 0.29) is 0 Å². The monoisotopic (exact) mass is 262 g/mol. The van der Waals surface area contributed by atoms with Crippen LogP contribution in [-0.2, 0) is 6.42 Å². The van der Waals surface area contributed by atoms with E-state index < -0.39 is 0 Å². The maximum Gasteiger partial charge on any atom is 0.0451 e. The number of hydrogen-bond acceptors (Lipinski definition) is 2. The molecule has 0 atom stereocenters. The van der Waals surface area contributed by atoms with Gasteiger partial charge in [-0.1, -0.05) is 19.1 Å². The zero-order valence-corrected chi connectivity index (χ0v) is 12.1. The summed E-state index contributed by atoms with van der Waals surface area (Å²) < 4.78 is 0. The maximum atomic E-state index is 4.50. The van der Waals surface area contributed by atoms with Crippen LogP contribution in [0.3, 0.4) is 0 Å². The molecule has 0 radical (unpaired) electrons. The molecular formula is C18H18N2. The number of fused-ring (bicyclic) bond motifs is 1. The van der Waals surface area contributed by atoms with E-state index in [1.807, 2.05) is 19.3 Å². The van der Waals surface area contributed by atoms with Crippen molar-refractivity contribution in [2.75, 3.05) is 0 Å². The molecule has 0 bridgehead atoms. The zero-order valence-electron chi connectivity index (χ0n) is 12.1. The Labute approximate surface area is 119 Å². The first kappa shape index (κ1) is 12.8. The van der Waals surface area contributed by atoms with Crippen LogP contribution in [-0.4, -0.2) is 9.97 Å². The van der Waals surface area contributed by atoms with E-state index in [9.17, 15) is 0 Å². The van der Waals surface area contributed by atoms with Gasteiger partial charge in [0, 0.05) is 34.7 Å². The Hall–Kier alpha value is -2.22. The van der Waals surface area contributed by atoms with Gasteiger partial charge in [0.15, 0.2) is 0 Å². The van der Waals surface area contributed by atoms with Crippen LogP contribution in [0.2, 0.25) is 0 Å². The Kier molecular flexibility index (Phi) is 3.23. The second-order valence-electron chi connectivity index (χ2n) is 5.22. The van der Waals surface area contributed by atoms with E-state index in [1.165, 1.54) is 27.5 Å². The first-order valence-corrected chi connectivity index (χ1v) is 6.99. The van der Waals surface area contributed by atoms with Gasteiger partial charge >= 0.3 is 0 Å². The highest BCUT2D eigenvalue weighted by atomic mass is 14.7. The molecular weight excluding hydrogens is 244 g/mol. The summed E-state index contributed by atoms with van der Waals surface area (Å²) in [7, 11) is 0. The van der Waals surface area contributed by atoms with Crippen molar-refractivity contribution in [1.82, 2.24) is 9.97 Å². The first-order valence-electron chi connectivity index (χ1n) is 6.99. The van der Waals surface area contributed by atoms with E-state index in [4.69, 9.17) is 0 Å². The topological polar surface area (TPSA) is 25.8 Å². The van der Waals surface area contributed by atoms with Crippen LogP contribution in [0.5, 0.6) is 0 Å². The molecule has 2 heterocycles. The van der Waals surface area contributed by atoms with Gasteiger partial charge in [-0.15, -0.1) is 0 Å². The van der Waals surface area contributed by atoms with Gasteiger partial charge in [0.05, 0.1) is 0 Å². The summed E-state index contributed by atoms with van der Waals surface area (Å²) in [5.74, 6) is 0. The molecule has 0 aliphatic heterocycles. The number of nitrogens with zero attached hydrogens (tertiary/aromatic N) is 2. The minimum atomic E-state index is 1.01. The summed E-state index contributed by atoms with van der Waals surface area (Å²) in [5, 5.41) is 2.41. The normalized spacial score (nSPS) is 10.9. The number of aryl methyl sites for hydroxylation is 3. The summed E-state index contributed by atoms with van der Waals surface area (Å²) in [4.78, 5) is 8.89. The van der Waals surface area contributed by atoms with Crippen LogP contribution in [0.25, 0.3) is 21.9 Å². The lowest BCUT2D eigenvalue weighted by molar-refractivity contribution is 1.08. The van der Waals surface area contributed by atoms with E-state index in [1.54, 1.807) is 0 Å². The molecule has 0 saturated heterocycles. The molecule has 0 unspecified atom stereocenters. The number of rotatable bonds is 2. The molecule has 0 aliphatic carbocycles. The van der Waals surface area contributed by atoms with E-state index >= 15 is 0 Å². The van der Waals surface area contributed by atoms with E-state index in [0.717, 1.165) is 17.8 Å². The molecule has 3 aromatic rings. The van der Waals surface area contributed by atoms with Crippen LogP contribution in [0, 0.1) is 13.8 Å². The van der Waals surface area contributed by atoms with Crippen molar-refractivity contribution in [3.8, 4) is 11.1 Å². The number of hydrogen-bond donors (Lipinski definition) is 0. The third kappa shape index (κ3) is 2.29. The minimum absolute atomic E-state index is 1.01. The molecule has 2 nitrogen and oxygen atoms in total. The van der Waals surface area contributed by atoms with Crippen molar-refractivity contribution in [2.45, 2.75) is 27.2 Å². The molecule has 20 heavy (non-hydrogen) atoms. The molecule has 2 heteroatoms. The van der Waals surface area contributed by atoms with Gasteiger partial charge in [-0.3, -0.25) is 9.97 Å². The van der Waals surface area contributed by atoms with Crippen LogP contribution in [0.4, 0.5) is 0 Å². The Bertz CT molecular complexity index is 775. The summed E-state index contributed by atoms with van der Waals surface area (Å²) >= 11 is 0.